The summed E-state index contributed by atoms with van der Waals surface area (Å²) in [5.74, 6) is -0.452. The lowest BCUT2D eigenvalue weighted by Gasteiger charge is -2.37. The van der Waals surface area contributed by atoms with Crippen molar-refractivity contribution in [3.63, 3.8) is 0 Å². The molecule has 0 saturated carbocycles. The van der Waals surface area contributed by atoms with Crippen LogP contribution in [0.3, 0.4) is 0 Å². The number of piperidine rings is 1. The lowest BCUT2D eigenvalue weighted by molar-refractivity contribution is -0.130. The van der Waals surface area contributed by atoms with Crippen molar-refractivity contribution < 1.29 is 9.90 Å². The van der Waals surface area contributed by atoms with E-state index in [1.54, 1.807) is 0 Å². The lowest BCUT2D eigenvalue weighted by atomic mass is 9.95. The number of benzene rings is 3. The van der Waals surface area contributed by atoms with Crippen LogP contribution in [0.5, 0.6) is 0 Å². The average Bonchev–Trinajstić information content (AvgIpc) is 2.80. The van der Waals surface area contributed by atoms with Crippen molar-refractivity contribution in [1.29, 1.82) is 0 Å². The Morgan fingerprint density at radius 1 is 1.03 bits per heavy atom. The van der Waals surface area contributed by atoms with Gasteiger partial charge in [-0.3, -0.25) is 9.69 Å². The van der Waals surface area contributed by atoms with Gasteiger partial charge in [-0.2, -0.15) is 0 Å². The molecular formula is C29H32N2O2. The zero-order valence-electron chi connectivity index (χ0n) is 19.4. The smallest absolute Gasteiger partial charge is 0.237 e. The first kappa shape index (κ1) is 23.0. The summed E-state index contributed by atoms with van der Waals surface area (Å²) >= 11 is 0. The largest absolute Gasteiger partial charge is 0.391 e. The van der Waals surface area contributed by atoms with Crippen molar-refractivity contribution in [2.75, 3.05) is 6.54 Å². The van der Waals surface area contributed by atoms with E-state index in [0.717, 1.165) is 24.1 Å². The number of nitrogens with zero attached hydrogens (tertiary/aromatic N) is 1. The first-order valence-corrected chi connectivity index (χ1v) is 11.6. The first-order valence-electron chi connectivity index (χ1n) is 11.6. The predicted octanol–water partition coefficient (Wildman–Crippen LogP) is 4.95. The van der Waals surface area contributed by atoms with E-state index in [-0.39, 0.29) is 0 Å². The minimum atomic E-state index is -0.686. The van der Waals surface area contributed by atoms with Crippen molar-refractivity contribution >= 4 is 18.1 Å². The van der Waals surface area contributed by atoms with Crippen LogP contribution in [0.15, 0.2) is 66.7 Å². The molecule has 3 aromatic carbocycles. The summed E-state index contributed by atoms with van der Waals surface area (Å²) in [5, 5.41) is 10.2. The zero-order valence-corrected chi connectivity index (χ0v) is 19.4. The third-order valence-corrected chi connectivity index (χ3v) is 6.62. The number of likely N-dealkylation sites (tertiary alicyclic amines) is 1. The van der Waals surface area contributed by atoms with Gasteiger partial charge in [0.15, 0.2) is 0 Å². The van der Waals surface area contributed by atoms with Gasteiger partial charge in [-0.05, 0) is 72.2 Å². The number of amides is 1. The maximum absolute atomic E-state index is 11.9. The van der Waals surface area contributed by atoms with Gasteiger partial charge in [-0.25, -0.2) is 0 Å². The summed E-state index contributed by atoms with van der Waals surface area (Å²) in [6, 6.07) is 22.6. The molecule has 3 N–H and O–H groups in total. The van der Waals surface area contributed by atoms with Crippen molar-refractivity contribution in [2.45, 2.75) is 45.4 Å². The molecule has 2 atom stereocenters. The quantitative estimate of drug-likeness (QED) is 0.533. The highest BCUT2D eigenvalue weighted by Gasteiger charge is 2.34. The Labute approximate surface area is 196 Å². The highest BCUT2D eigenvalue weighted by Crippen LogP contribution is 2.27. The summed E-state index contributed by atoms with van der Waals surface area (Å²) in [4.78, 5) is 13.9. The minimum absolute atomic E-state index is 0.452. The Balaban J connectivity index is 1.52. The van der Waals surface area contributed by atoms with Gasteiger partial charge in [0, 0.05) is 6.54 Å². The molecular weight excluding hydrogens is 408 g/mol. The molecule has 4 nitrogen and oxygen atoms in total. The van der Waals surface area contributed by atoms with Crippen LogP contribution in [0.2, 0.25) is 0 Å². The predicted molar refractivity (Wildman–Crippen MR) is 135 cm³/mol. The van der Waals surface area contributed by atoms with Crippen LogP contribution in [-0.4, -0.2) is 34.6 Å². The topological polar surface area (TPSA) is 66.6 Å². The number of carbonyl (C=O) groups excluding carboxylic acids is 1. The van der Waals surface area contributed by atoms with Crippen molar-refractivity contribution in [1.82, 2.24) is 4.90 Å². The molecule has 1 heterocycles. The Kier molecular flexibility index (Phi) is 7.07. The summed E-state index contributed by atoms with van der Waals surface area (Å²) in [6.45, 7) is 5.64. The van der Waals surface area contributed by atoms with Crippen LogP contribution < -0.4 is 5.73 Å². The third kappa shape index (κ3) is 5.24. The molecule has 0 aromatic heterocycles. The maximum Gasteiger partial charge on any atom is 0.237 e. The average molecular weight is 441 g/mol. The fourth-order valence-corrected chi connectivity index (χ4v) is 4.79. The van der Waals surface area contributed by atoms with Crippen molar-refractivity contribution in [3.8, 4) is 11.1 Å². The number of aryl methyl sites for hydroxylation is 1. The van der Waals surface area contributed by atoms with E-state index < -0.39 is 18.1 Å². The second-order valence-electron chi connectivity index (χ2n) is 8.94. The second-order valence-corrected chi connectivity index (χ2v) is 8.94. The Hall–Kier alpha value is -3.21. The van der Waals surface area contributed by atoms with Gasteiger partial charge in [-0.15, -0.1) is 0 Å². The molecule has 4 rings (SSSR count). The highest BCUT2D eigenvalue weighted by molar-refractivity contribution is 5.81. The number of carbonyl (C=O) groups is 1. The van der Waals surface area contributed by atoms with Gasteiger partial charge < -0.3 is 10.8 Å². The van der Waals surface area contributed by atoms with E-state index in [2.05, 4.69) is 86.7 Å². The molecule has 33 heavy (non-hydrogen) atoms. The molecule has 170 valence electrons. The molecule has 0 bridgehead atoms. The van der Waals surface area contributed by atoms with E-state index in [4.69, 9.17) is 5.73 Å². The molecule has 0 unspecified atom stereocenters. The number of nitrogens with two attached hydrogens (primary N) is 1. The number of primary amides is 1. The fraction of sp³-hybridized carbons (Fsp3) is 0.276. The number of aliphatic hydroxyl groups excluding tert-OH is 1. The molecule has 1 saturated heterocycles. The van der Waals surface area contributed by atoms with Gasteiger partial charge in [0.25, 0.3) is 0 Å². The second kappa shape index (κ2) is 10.2. The Morgan fingerprint density at radius 3 is 2.52 bits per heavy atom. The van der Waals surface area contributed by atoms with E-state index in [1.807, 2.05) is 11.0 Å². The zero-order chi connectivity index (χ0) is 23.4. The number of hydrogen-bond donors (Lipinski definition) is 2. The summed E-state index contributed by atoms with van der Waals surface area (Å²) in [5.41, 5.74) is 13.9. The molecule has 3 aromatic rings. The van der Waals surface area contributed by atoms with Crippen LogP contribution in [0.4, 0.5) is 0 Å². The monoisotopic (exact) mass is 440 g/mol. The van der Waals surface area contributed by atoms with Crippen LogP contribution in [0, 0.1) is 13.8 Å². The van der Waals surface area contributed by atoms with Crippen LogP contribution >= 0.6 is 0 Å². The van der Waals surface area contributed by atoms with Crippen LogP contribution in [0.25, 0.3) is 23.3 Å². The normalized spacial score (nSPS) is 19.1. The third-order valence-electron chi connectivity index (χ3n) is 6.62. The van der Waals surface area contributed by atoms with Crippen LogP contribution in [-0.2, 0) is 11.3 Å². The minimum Gasteiger partial charge on any atom is -0.391 e. The molecule has 1 amide bonds. The van der Waals surface area contributed by atoms with Gasteiger partial charge in [0.2, 0.25) is 5.91 Å². The SMILES string of the molecule is Cc1cc(CN2CCC[C@H](O)[C@@H]2C(N)=O)ccc1/C=C/c1cccc(-c2ccccc2)c1C. The lowest BCUT2D eigenvalue weighted by Crippen LogP contribution is -2.54. The van der Waals surface area contributed by atoms with Crippen molar-refractivity contribution in [3.05, 3.63) is 94.5 Å². The molecule has 0 spiro atoms. The molecule has 1 fully saturated rings. The summed E-state index contributed by atoms with van der Waals surface area (Å²) < 4.78 is 0. The molecule has 1 aliphatic rings. The van der Waals surface area contributed by atoms with E-state index >= 15 is 0 Å². The maximum atomic E-state index is 11.9. The van der Waals surface area contributed by atoms with E-state index in [1.165, 1.54) is 27.8 Å². The van der Waals surface area contributed by atoms with Gasteiger partial charge >= 0.3 is 0 Å². The number of hydrogen-bond acceptors (Lipinski definition) is 3. The van der Waals surface area contributed by atoms with Gasteiger partial charge in [0.1, 0.15) is 6.04 Å². The number of aliphatic hydroxyl groups is 1. The van der Waals surface area contributed by atoms with Crippen LogP contribution in [0.1, 0.15) is 40.7 Å². The van der Waals surface area contributed by atoms with Crippen molar-refractivity contribution in [2.24, 2.45) is 5.73 Å². The van der Waals surface area contributed by atoms with E-state index in [0.29, 0.717) is 13.0 Å². The summed E-state index contributed by atoms with van der Waals surface area (Å²) in [7, 11) is 0. The fourth-order valence-electron chi connectivity index (χ4n) is 4.79. The summed E-state index contributed by atoms with van der Waals surface area (Å²) in [6.07, 6.45) is 5.14. The van der Waals surface area contributed by atoms with Gasteiger partial charge in [0.05, 0.1) is 6.10 Å². The standard InChI is InChI=1S/C29H32N2O2/c1-20-18-22(19-31-17-7-12-27(32)28(31)29(30)33)13-14-23(20)15-16-24-10-6-11-26(21(24)2)25-8-4-3-5-9-25/h3-6,8-11,13-16,18,27-28,32H,7,12,17,19H2,1-2H3,(H2,30,33)/b16-15+/t27-,28+/m0/s1. The van der Waals surface area contributed by atoms with E-state index in [9.17, 15) is 9.90 Å². The van der Waals surface area contributed by atoms with Gasteiger partial charge in [-0.1, -0.05) is 78.9 Å². The highest BCUT2D eigenvalue weighted by atomic mass is 16.3. The molecule has 4 heteroatoms. The molecule has 0 aliphatic carbocycles. The first-order chi connectivity index (χ1) is 15.9. The molecule has 0 radical (unpaired) electrons. The Bertz CT molecular complexity index is 1150. The number of rotatable bonds is 6. The Morgan fingerprint density at radius 2 is 1.79 bits per heavy atom. The molecule has 1 aliphatic heterocycles.